The fraction of sp³-hybridized carbons (Fsp3) is 0.231. The molecule has 2 N–H and O–H groups in total. The minimum atomic E-state index is -4.04. The van der Waals surface area contributed by atoms with Crippen LogP contribution >= 0.6 is 15.9 Å². The van der Waals surface area contributed by atoms with Crippen LogP contribution in [-0.4, -0.2) is 38.0 Å². The molecule has 0 aliphatic rings. The van der Waals surface area contributed by atoms with Gasteiger partial charge < -0.3 is 15.2 Å². The van der Waals surface area contributed by atoms with E-state index in [9.17, 15) is 18.0 Å². The van der Waals surface area contributed by atoms with Crippen LogP contribution in [0.3, 0.4) is 0 Å². The Morgan fingerprint density at radius 3 is 2.39 bits per heavy atom. The summed E-state index contributed by atoms with van der Waals surface area (Å²) in [7, 11) is -4.04. The zero-order valence-electron chi connectivity index (χ0n) is 20.1. The number of aryl methyl sites for hydroxylation is 1. The highest BCUT2D eigenvalue weighted by molar-refractivity contribution is 9.10. The molecule has 8 nitrogen and oxygen atoms in total. The highest BCUT2D eigenvalue weighted by Crippen LogP contribution is 2.31. The lowest BCUT2D eigenvalue weighted by atomic mass is 10.2. The maximum absolute atomic E-state index is 13.6. The Bertz CT molecular complexity index is 1360. The van der Waals surface area contributed by atoms with Crippen molar-refractivity contribution in [2.45, 2.75) is 38.3 Å². The van der Waals surface area contributed by atoms with E-state index in [2.05, 4.69) is 21.2 Å². The van der Waals surface area contributed by atoms with Crippen molar-refractivity contribution < 1.29 is 27.9 Å². The first-order valence-corrected chi connectivity index (χ1v) is 13.3. The number of rotatable bonds is 10. The van der Waals surface area contributed by atoms with Gasteiger partial charge in [0.15, 0.2) is 6.10 Å². The van der Waals surface area contributed by atoms with Gasteiger partial charge in [-0.3, -0.25) is 9.10 Å². The molecular formula is C26H27BrN2O6S. The van der Waals surface area contributed by atoms with E-state index in [1.807, 2.05) is 6.92 Å². The number of hydrogen-bond acceptors (Lipinski definition) is 5. The van der Waals surface area contributed by atoms with Crippen molar-refractivity contribution in [1.29, 1.82) is 0 Å². The number of carbonyl (C=O) groups is 2. The summed E-state index contributed by atoms with van der Waals surface area (Å²) in [5.74, 6) is -1.24. The molecule has 0 unspecified atom stereocenters. The number of carbonyl (C=O) groups excluding carboxylic acids is 1. The number of nitrogens with zero attached hydrogens (tertiary/aromatic N) is 1. The van der Waals surface area contributed by atoms with Gasteiger partial charge in [-0.2, -0.15) is 0 Å². The van der Waals surface area contributed by atoms with Gasteiger partial charge in [-0.05, 0) is 68.3 Å². The van der Waals surface area contributed by atoms with Crippen LogP contribution in [0.4, 0.5) is 5.69 Å². The van der Waals surface area contributed by atoms with Crippen molar-refractivity contribution in [3.63, 3.8) is 0 Å². The molecule has 0 fully saturated rings. The van der Waals surface area contributed by atoms with E-state index in [0.29, 0.717) is 22.6 Å². The third-order valence-electron chi connectivity index (χ3n) is 5.45. The molecule has 1 amide bonds. The molecule has 0 aliphatic heterocycles. The largest absolute Gasteiger partial charge is 0.479 e. The SMILES string of the molecule is Cc1ccc(S(=O)(=O)N(CC(=O)NCc2cccc(O[C@H](C)C(=O)O)c2)c2cccc(Br)c2C)cc1. The Balaban J connectivity index is 1.82. The van der Waals surface area contributed by atoms with Gasteiger partial charge in [-0.25, -0.2) is 13.2 Å². The Morgan fingerprint density at radius 2 is 1.72 bits per heavy atom. The maximum atomic E-state index is 13.6. The second kappa shape index (κ2) is 11.6. The van der Waals surface area contributed by atoms with E-state index >= 15 is 0 Å². The summed E-state index contributed by atoms with van der Waals surface area (Å²) in [5.41, 5.74) is 2.65. The molecule has 3 aromatic carbocycles. The molecule has 0 aliphatic carbocycles. The molecule has 0 heterocycles. The smallest absolute Gasteiger partial charge is 0.344 e. The van der Waals surface area contributed by atoms with Gasteiger partial charge >= 0.3 is 5.97 Å². The number of aliphatic carboxylic acids is 1. The fourth-order valence-electron chi connectivity index (χ4n) is 3.37. The monoisotopic (exact) mass is 574 g/mol. The molecular weight excluding hydrogens is 548 g/mol. The molecule has 0 radical (unpaired) electrons. The van der Waals surface area contributed by atoms with Crippen molar-refractivity contribution in [3.05, 3.63) is 87.9 Å². The van der Waals surface area contributed by atoms with Crippen molar-refractivity contribution in [2.24, 2.45) is 0 Å². The lowest BCUT2D eigenvalue weighted by Crippen LogP contribution is -2.41. The second-order valence-corrected chi connectivity index (χ2v) is 10.9. The molecule has 190 valence electrons. The lowest BCUT2D eigenvalue weighted by molar-refractivity contribution is -0.144. The minimum Gasteiger partial charge on any atom is -0.479 e. The first-order valence-electron chi connectivity index (χ1n) is 11.1. The molecule has 0 saturated heterocycles. The predicted molar refractivity (Wildman–Crippen MR) is 141 cm³/mol. The first-order chi connectivity index (χ1) is 17.0. The Kier molecular flexibility index (Phi) is 8.75. The third kappa shape index (κ3) is 6.64. The highest BCUT2D eigenvalue weighted by Gasteiger charge is 2.28. The summed E-state index contributed by atoms with van der Waals surface area (Å²) < 4.78 is 34.4. The van der Waals surface area contributed by atoms with E-state index in [1.165, 1.54) is 19.1 Å². The Labute approximate surface area is 219 Å². The number of sulfonamides is 1. The number of halogens is 1. The van der Waals surface area contributed by atoms with Gasteiger partial charge in [0.2, 0.25) is 5.91 Å². The number of anilines is 1. The average molecular weight is 575 g/mol. The van der Waals surface area contributed by atoms with Crippen molar-refractivity contribution in [1.82, 2.24) is 5.32 Å². The quantitative estimate of drug-likeness (QED) is 0.370. The number of carboxylic acids is 1. The van der Waals surface area contributed by atoms with Gasteiger partial charge in [0.05, 0.1) is 10.6 Å². The van der Waals surface area contributed by atoms with E-state index in [4.69, 9.17) is 9.84 Å². The first kappa shape index (κ1) is 27.2. The predicted octanol–water partition coefficient (Wildman–Crippen LogP) is 4.43. The number of hydrogen-bond donors (Lipinski definition) is 2. The van der Waals surface area contributed by atoms with Crippen LogP contribution in [0.25, 0.3) is 0 Å². The van der Waals surface area contributed by atoms with Crippen LogP contribution < -0.4 is 14.4 Å². The molecule has 3 rings (SSSR count). The van der Waals surface area contributed by atoms with Crippen LogP contribution in [-0.2, 0) is 26.2 Å². The van der Waals surface area contributed by atoms with Crippen LogP contribution in [0, 0.1) is 13.8 Å². The van der Waals surface area contributed by atoms with E-state index in [-0.39, 0.29) is 11.4 Å². The van der Waals surface area contributed by atoms with Crippen LogP contribution in [0.5, 0.6) is 5.75 Å². The highest BCUT2D eigenvalue weighted by atomic mass is 79.9. The summed E-state index contributed by atoms with van der Waals surface area (Å²) in [6.07, 6.45) is -1.02. The fourth-order valence-corrected chi connectivity index (χ4v) is 5.21. The number of nitrogens with one attached hydrogen (secondary N) is 1. The molecule has 36 heavy (non-hydrogen) atoms. The Hall–Kier alpha value is -3.37. The summed E-state index contributed by atoms with van der Waals surface area (Å²) >= 11 is 3.44. The van der Waals surface area contributed by atoms with E-state index < -0.39 is 34.5 Å². The van der Waals surface area contributed by atoms with Gasteiger partial charge in [0.1, 0.15) is 12.3 Å². The van der Waals surface area contributed by atoms with Gasteiger partial charge in [-0.15, -0.1) is 0 Å². The molecule has 0 saturated carbocycles. The van der Waals surface area contributed by atoms with Crippen LogP contribution in [0.15, 0.2) is 76.1 Å². The van der Waals surface area contributed by atoms with Gasteiger partial charge in [0.25, 0.3) is 10.0 Å². The molecule has 1 atom stereocenters. The van der Waals surface area contributed by atoms with Gasteiger partial charge in [0, 0.05) is 11.0 Å². The molecule has 0 aromatic heterocycles. The average Bonchev–Trinajstić information content (AvgIpc) is 2.83. The van der Waals surface area contributed by atoms with E-state index in [1.54, 1.807) is 61.5 Å². The molecule has 3 aromatic rings. The summed E-state index contributed by atoms with van der Waals surface area (Å²) in [4.78, 5) is 24.1. The zero-order valence-corrected chi connectivity index (χ0v) is 22.5. The number of benzene rings is 3. The summed E-state index contributed by atoms with van der Waals surface area (Å²) in [6.45, 7) is 4.73. The molecule has 10 heteroatoms. The maximum Gasteiger partial charge on any atom is 0.344 e. The van der Waals surface area contributed by atoms with Crippen molar-refractivity contribution in [3.8, 4) is 5.75 Å². The van der Waals surface area contributed by atoms with Gasteiger partial charge in [-0.1, -0.05) is 51.8 Å². The number of ether oxygens (including phenoxy) is 1. The van der Waals surface area contributed by atoms with E-state index in [0.717, 1.165) is 14.3 Å². The minimum absolute atomic E-state index is 0.0812. The summed E-state index contributed by atoms with van der Waals surface area (Å²) in [5, 5.41) is 11.8. The normalized spacial score (nSPS) is 12.0. The third-order valence-corrected chi connectivity index (χ3v) is 8.09. The Morgan fingerprint density at radius 1 is 1.06 bits per heavy atom. The second-order valence-electron chi connectivity index (χ2n) is 8.23. The van der Waals surface area contributed by atoms with Crippen molar-refractivity contribution in [2.75, 3.05) is 10.8 Å². The summed E-state index contributed by atoms with van der Waals surface area (Å²) in [6, 6.07) is 18.3. The number of amides is 1. The zero-order chi connectivity index (χ0) is 26.5. The topological polar surface area (TPSA) is 113 Å². The standard InChI is InChI=1S/C26H27BrN2O6S/c1-17-10-12-22(13-11-17)36(33,34)29(24-9-5-8-23(27)18(24)2)16-25(30)28-15-20-6-4-7-21(14-20)35-19(3)26(31)32/h4-14,19H,15-16H2,1-3H3,(H,28,30)(H,31,32)/t19-/m1/s1. The van der Waals surface area contributed by atoms with Crippen LogP contribution in [0.1, 0.15) is 23.6 Å². The number of carboxylic acid groups (broad SMARTS) is 1. The molecule has 0 bridgehead atoms. The van der Waals surface area contributed by atoms with Crippen molar-refractivity contribution >= 4 is 43.5 Å². The molecule has 0 spiro atoms. The lowest BCUT2D eigenvalue weighted by Gasteiger charge is -2.26. The van der Waals surface area contributed by atoms with Crippen LogP contribution in [0.2, 0.25) is 0 Å².